The summed E-state index contributed by atoms with van der Waals surface area (Å²) in [5.41, 5.74) is 7.13. The summed E-state index contributed by atoms with van der Waals surface area (Å²) in [6.07, 6.45) is 0.861. The van der Waals surface area contributed by atoms with Gasteiger partial charge in [0.15, 0.2) is 0 Å². The summed E-state index contributed by atoms with van der Waals surface area (Å²) >= 11 is 0. The minimum atomic E-state index is -0.222. The third-order valence-corrected chi connectivity index (χ3v) is 6.14. The van der Waals surface area contributed by atoms with Crippen molar-refractivity contribution < 1.29 is 9.59 Å². The van der Waals surface area contributed by atoms with Gasteiger partial charge in [-0.05, 0) is 48.6 Å². The molecular formula is C27H24N2O2. The molecule has 2 aliphatic rings. The molecule has 0 unspecified atom stereocenters. The van der Waals surface area contributed by atoms with Gasteiger partial charge in [0.2, 0.25) is 0 Å². The molecule has 0 aromatic heterocycles. The van der Waals surface area contributed by atoms with Gasteiger partial charge >= 0.3 is 0 Å². The Balaban J connectivity index is 1.65. The maximum absolute atomic E-state index is 13.7. The van der Waals surface area contributed by atoms with Crippen LogP contribution >= 0.6 is 0 Å². The van der Waals surface area contributed by atoms with Crippen LogP contribution in [0.2, 0.25) is 0 Å². The van der Waals surface area contributed by atoms with Gasteiger partial charge in [-0.3, -0.25) is 14.5 Å². The molecule has 2 heterocycles. The van der Waals surface area contributed by atoms with Crippen molar-refractivity contribution in [2.75, 3.05) is 11.4 Å². The quantitative estimate of drug-likeness (QED) is 0.590. The predicted molar refractivity (Wildman–Crippen MR) is 122 cm³/mol. The second-order valence-corrected chi connectivity index (χ2v) is 8.25. The van der Waals surface area contributed by atoms with Gasteiger partial charge in [0.05, 0.1) is 12.1 Å². The Morgan fingerprint density at radius 2 is 1.58 bits per heavy atom. The highest BCUT2D eigenvalue weighted by Crippen LogP contribution is 2.39. The van der Waals surface area contributed by atoms with Crippen LogP contribution in [0.4, 0.5) is 5.69 Å². The van der Waals surface area contributed by atoms with Crippen LogP contribution in [0.15, 0.2) is 78.5 Å². The Kier molecular flexibility index (Phi) is 4.70. The fraction of sp³-hybridized carbons (Fsp3) is 0.185. The van der Waals surface area contributed by atoms with Crippen molar-refractivity contribution in [3.05, 3.63) is 106 Å². The van der Waals surface area contributed by atoms with Crippen molar-refractivity contribution in [2.45, 2.75) is 26.8 Å². The van der Waals surface area contributed by atoms with Crippen molar-refractivity contribution in [3.63, 3.8) is 0 Å². The fourth-order valence-electron chi connectivity index (χ4n) is 4.63. The number of carbonyl (C=O) groups excluding carboxylic acids is 2. The van der Waals surface area contributed by atoms with E-state index in [2.05, 4.69) is 12.1 Å². The van der Waals surface area contributed by atoms with Gasteiger partial charge in [-0.2, -0.15) is 0 Å². The zero-order chi connectivity index (χ0) is 21.5. The minimum absolute atomic E-state index is 0.222. The predicted octanol–water partition coefficient (Wildman–Crippen LogP) is 4.65. The van der Waals surface area contributed by atoms with Crippen LogP contribution in [0, 0.1) is 13.8 Å². The number of imide groups is 1. The summed E-state index contributed by atoms with van der Waals surface area (Å²) in [5.74, 6) is -0.444. The Morgan fingerprint density at radius 3 is 2.35 bits per heavy atom. The molecule has 5 rings (SSSR count). The molecule has 0 aliphatic carbocycles. The summed E-state index contributed by atoms with van der Waals surface area (Å²) in [4.78, 5) is 30.8. The molecule has 4 nitrogen and oxygen atoms in total. The number of para-hydroxylation sites is 1. The number of hydrogen-bond donors (Lipinski definition) is 0. The lowest BCUT2D eigenvalue weighted by Gasteiger charge is -2.22. The zero-order valence-electron chi connectivity index (χ0n) is 17.8. The van der Waals surface area contributed by atoms with Gasteiger partial charge in [-0.15, -0.1) is 0 Å². The number of carbonyl (C=O) groups is 2. The van der Waals surface area contributed by atoms with Gasteiger partial charge in [-0.25, -0.2) is 0 Å². The van der Waals surface area contributed by atoms with Crippen molar-refractivity contribution >= 4 is 23.1 Å². The first-order chi connectivity index (χ1) is 15.0. The first-order valence-electron chi connectivity index (χ1n) is 10.6. The number of aryl methyl sites for hydroxylation is 2. The van der Waals surface area contributed by atoms with Gasteiger partial charge < -0.3 is 4.90 Å². The van der Waals surface area contributed by atoms with Crippen LogP contribution in [-0.4, -0.2) is 23.3 Å². The molecule has 154 valence electrons. The molecule has 0 saturated carbocycles. The Hall–Kier alpha value is -3.66. The van der Waals surface area contributed by atoms with Crippen molar-refractivity contribution in [1.29, 1.82) is 0 Å². The van der Waals surface area contributed by atoms with E-state index in [1.54, 1.807) is 0 Å². The van der Waals surface area contributed by atoms with Gasteiger partial charge in [-0.1, -0.05) is 72.3 Å². The number of nitrogens with zero attached hydrogens (tertiary/aromatic N) is 2. The second-order valence-electron chi connectivity index (χ2n) is 8.25. The lowest BCUT2D eigenvalue weighted by atomic mass is 9.97. The summed E-state index contributed by atoms with van der Waals surface area (Å²) in [6.45, 7) is 5.00. The van der Waals surface area contributed by atoms with E-state index in [1.807, 2.05) is 79.4 Å². The maximum atomic E-state index is 13.7. The molecule has 0 spiro atoms. The lowest BCUT2D eigenvalue weighted by Crippen LogP contribution is -2.34. The van der Waals surface area contributed by atoms with E-state index in [-0.39, 0.29) is 18.4 Å². The monoisotopic (exact) mass is 408 g/mol. The standard InChI is InChI=1S/C27H24N2O2/c1-18-12-13-22(19(2)16-18)24-25(28-15-14-21-10-6-7-11-23(21)28)27(31)29(26(24)30)17-20-8-4-3-5-9-20/h3-13,16H,14-15,17H2,1-2H3. The number of rotatable bonds is 4. The maximum Gasteiger partial charge on any atom is 0.278 e. The number of benzene rings is 3. The van der Waals surface area contributed by atoms with E-state index in [4.69, 9.17) is 0 Å². The average Bonchev–Trinajstić information content (AvgIpc) is 3.29. The molecule has 2 aliphatic heterocycles. The van der Waals surface area contributed by atoms with E-state index < -0.39 is 0 Å². The summed E-state index contributed by atoms with van der Waals surface area (Å²) in [6, 6.07) is 23.8. The Bertz CT molecular complexity index is 1230. The lowest BCUT2D eigenvalue weighted by molar-refractivity contribution is -0.137. The molecule has 3 aromatic rings. The Morgan fingerprint density at radius 1 is 0.839 bits per heavy atom. The number of hydrogen-bond acceptors (Lipinski definition) is 3. The first kappa shape index (κ1) is 19.3. The highest BCUT2D eigenvalue weighted by molar-refractivity contribution is 6.37. The highest BCUT2D eigenvalue weighted by atomic mass is 16.2. The van der Waals surface area contributed by atoms with Crippen molar-refractivity contribution in [2.24, 2.45) is 0 Å². The van der Waals surface area contributed by atoms with Gasteiger partial charge in [0.25, 0.3) is 11.8 Å². The van der Waals surface area contributed by atoms with E-state index in [0.717, 1.165) is 34.4 Å². The fourth-order valence-corrected chi connectivity index (χ4v) is 4.63. The zero-order valence-corrected chi connectivity index (χ0v) is 17.8. The molecule has 31 heavy (non-hydrogen) atoms. The molecule has 3 aromatic carbocycles. The molecule has 0 radical (unpaired) electrons. The summed E-state index contributed by atoms with van der Waals surface area (Å²) < 4.78 is 0. The van der Waals surface area contributed by atoms with Crippen LogP contribution in [0.1, 0.15) is 27.8 Å². The number of amides is 2. The van der Waals surface area contributed by atoms with Gasteiger partial charge in [0, 0.05) is 12.2 Å². The largest absolute Gasteiger partial charge is 0.336 e. The third-order valence-electron chi connectivity index (χ3n) is 6.14. The number of anilines is 1. The normalized spacial score (nSPS) is 15.8. The molecule has 0 atom stereocenters. The summed E-state index contributed by atoms with van der Waals surface area (Å²) in [7, 11) is 0. The smallest absolute Gasteiger partial charge is 0.278 e. The molecular weight excluding hydrogens is 384 g/mol. The van der Waals surface area contributed by atoms with E-state index in [0.29, 0.717) is 17.8 Å². The second kappa shape index (κ2) is 7.55. The van der Waals surface area contributed by atoms with Crippen LogP contribution in [-0.2, 0) is 22.6 Å². The highest BCUT2D eigenvalue weighted by Gasteiger charge is 2.43. The van der Waals surface area contributed by atoms with Crippen LogP contribution in [0.25, 0.3) is 5.57 Å². The average molecular weight is 409 g/mol. The molecule has 0 bridgehead atoms. The van der Waals surface area contributed by atoms with Gasteiger partial charge in [0.1, 0.15) is 5.70 Å². The topological polar surface area (TPSA) is 40.6 Å². The molecule has 4 heteroatoms. The van der Waals surface area contributed by atoms with Crippen LogP contribution in [0.5, 0.6) is 0 Å². The van der Waals surface area contributed by atoms with Crippen LogP contribution < -0.4 is 4.90 Å². The minimum Gasteiger partial charge on any atom is -0.336 e. The van der Waals surface area contributed by atoms with E-state index in [1.165, 1.54) is 10.5 Å². The first-order valence-corrected chi connectivity index (χ1v) is 10.6. The number of fused-ring (bicyclic) bond motifs is 1. The molecule has 0 N–H and O–H groups in total. The molecule has 0 fully saturated rings. The third kappa shape index (κ3) is 3.25. The molecule has 0 saturated heterocycles. The molecule has 2 amide bonds. The van der Waals surface area contributed by atoms with E-state index >= 15 is 0 Å². The Labute approximate surface area is 182 Å². The summed E-state index contributed by atoms with van der Waals surface area (Å²) in [5, 5.41) is 0. The van der Waals surface area contributed by atoms with E-state index in [9.17, 15) is 9.59 Å². The van der Waals surface area contributed by atoms with Crippen molar-refractivity contribution in [1.82, 2.24) is 4.90 Å². The van der Waals surface area contributed by atoms with Crippen LogP contribution in [0.3, 0.4) is 0 Å². The SMILES string of the molecule is Cc1ccc(C2=C(N3CCc4ccccc43)C(=O)N(Cc3ccccc3)C2=O)c(C)c1. The van der Waals surface area contributed by atoms with Crippen molar-refractivity contribution in [3.8, 4) is 0 Å².